The highest BCUT2D eigenvalue weighted by Gasteiger charge is 2.37. The Balaban J connectivity index is 2.06. The molecule has 1 heterocycles. The second-order valence-electron chi connectivity index (χ2n) is 6.91. The van der Waals surface area contributed by atoms with Gasteiger partial charge in [-0.2, -0.15) is 0 Å². The standard InChI is InChI=1S/C17H26N2O2/c1-17(2,3)12-9-16(20)19(10-12)11-14(18)13-7-5-6-8-15(13)21-4/h5-8,12,14H,9-11,18H2,1-4H3. The Morgan fingerprint density at radius 2 is 2.05 bits per heavy atom. The summed E-state index contributed by atoms with van der Waals surface area (Å²) in [6.45, 7) is 7.91. The maximum absolute atomic E-state index is 12.2. The number of rotatable bonds is 4. The van der Waals surface area contributed by atoms with Gasteiger partial charge in [0.2, 0.25) is 5.91 Å². The summed E-state index contributed by atoms with van der Waals surface area (Å²) in [5, 5.41) is 0. The summed E-state index contributed by atoms with van der Waals surface area (Å²) in [6.07, 6.45) is 0.627. The molecule has 1 saturated heterocycles. The predicted molar refractivity (Wildman–Crippen MR) is 84.1 cm³/mol. The lowest BCUT2D eigenvalue weighted by molar-refractivity contribution is -0.128. The van der Waals surface area contributed by atoms with Gasteiger partial charge in [-0.1, -0.05) is 39.0 Å². The summed E-state index contributed by atoms with van der Waals surface area (Å²) in [6, 6.07) is 7.51. The minimum atomic E-state index is -0.219. The van der Waals surface area contributed by atoms with E-state index in [0.717, 1.165) is 17.9 Å². The molecule has 1 aromatic rings. The van der Waals surface area contributed by atoms with Crippen molar-refractivity contribution in [3.63, 3.8) is 0 Å². The van der Waals surface area contributed by atoms with Crippen molar-refractivity contribution >= 4 is 5.91 Å². The number of benzene rings is 1. The number of nitrogens with two attached hydrogens (primary N) is 1. The molecule has 1 aliphatic heterocycles. The fraction of sp³-hybridized carbons (Fsp3) is 0.588. The molecule has 2 atom stereocenters. The van der Waals surface area contributed by atoms with Crippen LogP contribution in [0.4, 0.5) is 0 Å². The molecule has 21 heavy (non-hydrogen) atoms. The van der Waals surface area contributed by atoms with E-state index in [1.54, 1.807) is 7.11 Å². The third kappa shape index (κ3) is 3.56. The van der Waals surface area contributed by atoms with E-state index >= 15 is 0 Å². The lowest BCUT2D eigenvalue weighted by Gasteiger charge is -2.27. The van der Waals surface area contributed by atoms with Crippen LogP contribution in [0.25, 0.3) is 0 Å². The predicted octanol–water partition coefficient (Wildman–Crippen LogP) is 2.59. The van der Waals surface area contributed by atoms with Gasteiger partial charge in [-0.15, -0.1) is 0 Å². The SMILES string of the molecule is COc1ccccc1C(N)CN1CC(C(C)(C)C)CC1=O. The average molecular weight is 290 g/mol. The van der Waals surface area contributed by atoms with Crippen LogP contribution in [0.1, 0.15) is 38.8 Å². The maximum Gasteiger partial charge on any atom is 0.223 e. The van der Waals surface area contributed by atoms with Gasteiger partial charge in [0.15, 0.2) is 0 Å². The van der Waals surface area contributed by atoms with E-state index in [4.69, 9.17) is 10.5 Å². The molecule has 0 radical (unpaired) electrons. The average Bonchev–Trinajstić information content (AvgIpc) is 2.80. The molecule has 4 nitrogen and oxygen atoms in total. The first-order valence-electron chi connectivity index (χ1n) is 7.49. The van der Waals surface area contributed by atoms with Crippen LogP contribution in [0.5, 0.6) is 5.75 Å². The molecule has 0 saturated carbocycles. The highest BCUT2D eigenvalue weighted by Crippen LogP contribution is 2.35. The number of hydrogen-bond acceptors (Lipinski definition) is 3. The first-order chi connectivity index (χ1) is 9.82. The quantitative estimate of drug-likeness (QED) is 0.927. The number of nitrogens with zero attached hydrogens (tertiary/aromatic N) is 1. The molecule has 0 aromatic heterocycles. The number of hydrogen-bond donors (Lipinski definition) is 1. The zero-order chi connectivity index (χ0) is 15.6. The largest absolute Gasteiger partial charge is 0.496 e. The fourth-order valence-corrected chi connectivity index (χ4v) is 2.84. The highest BCUT2D eigenvalue weighted by atomic mass is 16.5. The third-order valence-electron chi connectivity index (χ3n) is 4.39. The first kappa shape index (κ1) is 15.8. The van der Waals surface area contributed by atoms with Crippen molar-refractivity contribution in [1.82, 2.24) is 4.90 Å². The summed E-state index contributed by atoms with van der Waals surface area (Å²) in [7, 11) is 1.64. The molecule has 0 aliphatic carbocycles. The molecular weight excluding hydrogens is 264 g/mol. The van der Waals surface area contributed by atoms with Crippen LogP contribution < -0.4 is 10.5 Å². The molecule has 1 aliphatic rings. The van der Waals surface area contributed by atoms with E-state index in [1.165, 1.54) is 0 Å². The van der Waals surface area contributed by atoms with Crippen molar-refractivity contribution in [1.29, 1.82) is 0 Å². The lowest BCUT2D eigenvalue weighted by Crippen LogP contribution is -2.34. The molecule has 0 spiro atoms. The Morgan fingerprint density at radius 3 is 2.62 bits per heavy atom. The van der Waals surface area contributed by atoms with Gasteiger partial charge < -0.3 is 15.4 Å². The molecule has 1 amide bonds. The van der Waals surface area contributed by atoms with Gasteiger partial charge in [0.05, 0.1) is 13.2 Å². The van der Waals surface area contributed by atoms with Crippen LogP contribution in [0.3, 0.4) is 0 Å². The molecule has 0 bridgehead atoms. The summed E-state index contributed by atoms with van der Waals surface area (Å²) < 4.78 is 5.35. The molecule has 2 unspecified atom stereocenters. The lowest BCUT2D eigenvalue weighted by atomic mass is 9.80. The van der Waals surface area contributed by atoms with E-state index in [0.29, 0.717) is 18.9 Å². The first-order valence-corrected chi connectivity index (χ1v) is 7.49. The zero-order valence-corrected chi connectivity index (χ0v) is 13.4. The van der Waals surface area contributed by atoms with E-state index < -0.39 is 0 Å². The van der Waals surface area contributed by atoms with Crippen molar-refractivity contribution < 1.29 is 9.53 Å². The number of carbonyl (C=O) groups is 1. The van der Waals surface area contributed by atoms with E-state index in [1.807, 2.05) is 29.2 Å². The van der Waals surface area contributed by atoms with Gasteiger partial charge in [-0.3, -0.25) is 4.79 Å². The van der Waals surface area contributed by atoms with Crippen molar-refractivity contribution in [2.75, 3.05) is 20.2 Å². The summed E-state index contributed by atoms with van der Waals surface area (Å²) in [4.78, 5) is 14.1. The smallest absolute Gasteiger partial charge is 0.223 e. The van der Waals surface area contributed by atoms with Crippen LogP contribution in [0.2, 0.25) is 0 Å². The Hall–Kier alpha value is -1.55. The number of likely N-dealkylation sites (tertiary alicyclic amines) is 1. The Labute approximate surface area is 127 Å². The van der Waals surface area contributed by atoms with Crippen LogP contribution in [0, 0.1) is 11.3 Å². The van der Waals surface area contributed by atoms with Crippen LogP contribution in [0.15, 0.2) is 24.3 Å². The second kappa shape index (κ2) is 6.06. The molecule has 2 N–H and O–H groups in total. The molecule has 2 rings (SSSR count). The number of carbonyl (C=O) groups excluding carboxylic acids is 1. The zero-order valence-electron chi connectivity index (χ0n) is 13.4. The molecular formula is C17H26N2O2. The van der Waals surface area contributed by atoms with Crippen molar-refractivity contribution in [2.24, 2.45) is 17.1 Å². The molecule has 116 valence electrons. The highest BCUT2D eigenvalue weighted by molar-refractivity contribution is 5.78. The Kier molecular flexibility index (Phi) is 4.57. The normalized spacial score (nSPS) is 20.7. The van der Waals surface area contributed by atoms with Gasteiger partial charge >= 0.3 is 0 Å². The van der Waals surface area contributed by atoms with Gasteiger partial charge in [0.25, 0.3) is 0 Å². The Bertz CT molecular complexity index is 508. The van der Waals surface area contributed by atoms with Gasteiger partial charge in [0, 0.05) is 25.1 Å². The van der Waals surface area contributed by atoms with Gasteiger partial charge in [-0.05, 0) is 17.4 Å². The van der Waals surface area contributed by atoms with Crippen molar-refractivity contribution in [2.45, 2.75) is 33.2 Å². The maximum atomic E-state index is 12.2. The Morgan fingerprint density at radius 1 is 1.38 bits per heavy atom. The van der Waals surface area contributed by atoms with Crippen LogP contribution in [-0.2, 0) is 4.79 Å². The summed E-state index contributed by atoms with van der Waals surface area (Å²) >= 11 is 0. The monoisotopic (exact) mass is 290 g/mol. The minimum absolute atomic E-state index is 0.152. The third-order valence-corrected chi connectivity index (χ3v) is 4.39. The second-order valence-corrected chi connectivity index (χ2v) is 6.91. The van der Waals surface area contributed by atoms with E-state index in [9.17, 15) is 4.79 Å². The molecule has 1 fully saturated rings. The van der Waals surface area contributed by atoms with Crippen molar-refractivity contribution in [3.8, 4) is 5.75 Å². The topological polar surface area (TPSA) is 55.6 Å². The summed E-state index contributed by atoms with van der Waals surface area (Å²) in [5.74, 6) is 1.39. The number of ether oxygens (including phenoxy) is 1. The fourth-order valence-electron chi connectivity index (χ4n) is 2.84. The van der Waals surface area contributed by atoms with Crippen molar-refractivity contribution in [3.05, 3.63) is 29.8 Å². The van der Waals surface area contributed by atoms with Gasteiger partial charge in [0.1, 0.15) is 5.75 Å². The van der Waals surface area contributed by atoms with Crippen LogP contribution in [-0.4, -0.2) is 31.0 Å². The van der Waals surface area contributed by atoms with E-state index in [-0.39, 0.29) is 17.4 Å². The molecule has 4 heteroatoms. The number of methoxy groups -OCH3 is 1. The number of para-hydroxylation sites is 1. The molecule has 1 aromatic carbocycles. The van der Waals surface area contributed by atoms with Crippen LogP contribution >= 0.6 is 0 Å². The number of amides is 1. The minimum Gasteiger partial charge on any atom is -0.496 e. The van der Waals surface area contributed by atoms with Gasteiger partial charge in [-0.25, -0.2) is 0 Å². The summed E-state index contributed by atoms with van der Waals surface area (Å²) in [5.41, 5.74) is 7.40. The van der Waals surface area contributed by atoms with E-state index in [2.05, 4.69) is 20.8 Å².